The van der Waals surface area contributed by atoms with Gasteiger partial charge in [0.15, 0.2) is 6.33 Å². The summed E-state index contributed by atoms with van der Waals surface area (Å²) in [6, 6.07) is 10.4. The lowest BCUT2D eigenvalue weighted by Crippen LogP contribution is -2.05. The SMILES string of the molecule is Cn1ncc(-c2nc(-c3cccc(Cn4ncnn4)c3)no2)c1COc1ccc(F)cn1. The first kappa shape index (κ1) is 19.5. The number of nitrogens with zero attached hydrogens (tertiary/aromatic N) is 9. The summed E-state index contributed by atoms with van der Waals surface area (Å²) in [5.41, 5.74) is 3.09. The topological polar surface area (TPSA) is 122 Å². The Kier molecular flexibility index (Phi) is 5.07. The van der Waals surface area contributed by atoms with Crippen LogP contribution in [0.1, 0.15) is 11.3 Å². The normalized spacial score (nSPS) is 11.1. The molecule has 0 bridgehead atoms. The number of rotatable bonds is 7. The van der Waals surface area contributed by atoms with Crippen LogP contribution in [0.3, 0.4) is 0 Å². The quantitative estimate of drug-likeness (QED) is 0.380. The van der Waals surface area contributed by atoms with Gasteiger partial charge in [-0.3, -0.25) is 4.68 Å². The molecular formula is C20H16FN9O2. The van der Waals surface area contributed by atoms with Gasteiger partial charge in [-0.2, -0.15) is 14.9 Å². The summed E-state index contributed by atoms with van der Waals surface area (Å²) < 4.78 is 25.8. The third-order valence-electron chi connectivity index (χ3n) is 4.68. The lowest BCUT2D eigenvalue weighted by Gasteiger charge is -2.06. The van der Waals surface area contributed by atoms with E-state index in [2.05, 4.69) is 35.6 Å². The van der Waals surface area contributed by atoms with Gasteiger partial charge in [0, 0.05) is 18.7 Å². The number of tetrazole rings is 1. The summed E-state index contributed by atoms with van der Waals surface area (Å²) in [4.78, 5) is 9.91. The highest BCUT2D eigenvalue weighted by Crippen LogP contribution is 2.26. The van der Waals surface area contributed by atoms with E-state index < -0.39 is 5.82 Å². The largest absolute Gasteiger partial charge is 0.471 e. The van der Waals surface area contributed by atoms with Crippen molar-refractivity contribution in [1.82, 2.24) is 45.1 Å². The van der Waals surface area contributed by atoms with Crippen molar-refractivity contribution in [3.8, 4) is 28.7 Å². The molecule has 12 heteroatoms. The molecule has 0 saturated carbocycles. The summed E-state index contributed by atoms with van der Waals surface area (Å²) in [5, 5.41) is 20.0. The maximum absolute atomic E-state index is 13.0. The Morgan fingerprint density at radius 1 is 1.12 bits per heavy atom. The molecular weight excluding hydrogens is 417 g/mol. The minimum absolute atomic E-state index is 0.141. The van der Waals surface area contributed by atoms with E-state index >= 15 is 0 Å². The monoisotopic (exact) mass is 433 g/mol. The van der Waals surface area contributed by atoms with Crippen LogP contribution in [0.4, 0.5) is 4.39 Å². The van der Waals surface area contributed by atoms with E-state index in [-0.39, 0.29) is 6.61 Å². The van der Waals surface area contributed by atoms with Gasteiger partial charge in [-0.1, -0.05) is 23.4 Å². The van der Waals surface area contributed by atoms with Gasteiger partial charge in [0.2, 0.25) is 11.7 Å². The van der Waals surface area contributed by atoms with Crippen LogP contribution < -0.4 is 4.74 Å². The summed E-state index contributed by atoms with van der Waals surface area (Å²) in [6.07, 6.45) is 4.11. The van der Waals surface area contributed by atoms with Crippen molar-refractivity contribution < 1.29 is 13.7 Å². The molecule has 0 N–H and O–H groups in total. The van der Waals surface area contributed by atoms with E-state index in [9.17, 15) is 4.39 Å². The highest BCUT2D eigenvalue weighted by molar-refractivity contribution is 5.61. The van der Waals surface area contributed by atoms with Crippen molar-refractivity contribution in [2.24, 2.45) is 7.05 Å². The smallest absolute Gasteiger partial charge is 0.261 e. The van der Waals surface area contributed by atoms with Gasteiger partial charge >= 0.3 is 0 Å². The second-order valence-electron chi connectivity index (χ2n) is 6.82. The Morgan fingerprint density at radius 2 is 2.06 bits per heavy atom. The molecule has 0 unspecified atom stereocenters. The Bertz CT molecular complexity index is 1330. The maximum Gasteiger partial charge on any atom is 0.261 e. The maximum atomic E-state index is 13.0. The van der Waals surface area contributed by atoms with Crippen molar-refractivity contribution in [2.75, 3.05) is 0 Å². The Morgan fingerprint density at radius 3 is 2.88 bits per heavy atom. The number of ether oxygens (including phenoxy) is 1. The molecule has 5 aromatic rings. The number of halogens is 1. The first-order chi connectivity index (χ1) is 15.7. The number of aryl methyl sites for hydroxylation is 1. The van der Waals surface area contributed by atoms with Gasteiger partial charge in [0.25, 0.3) is 5.89 Å². The zero-order valence-corrected chi connectivity index (χ0v) is 16.8. The van der Waals surface area contributed by atoms with Gasteiger partial charge in [-0.05, 0) is 22.9 Å². The molecule has 5 rings (SSSR count). The van der Waals surface area contributed by atoms with E-state index in [1.54, 1.807) is 17.9 Å². The second kappa shape index (κ2) is 8.34. The number of pyridine rings is 1. The predicted octanol–water partition coefficient (Wildman–Crippen LogP) is 2.29. The first-order valence-corrected chi connectivity index (χ1v) is 9.55. The summed E-state index contributed by atoms with van der Waals surface area (Å²) in [6.45, 7) is 0.614. The van der Waals surface area contributed by atoms with Crippen molar-refractivity contribution >= 4 is 0 Å². The van der Waals surface area contributed by atoms with Crippen LogP contribution in [-0.2, 0) is 20.2 Å². The van der Waals surface area contributed by atoms with Crippen LogP contribution in [0.25, 0.3) is 22.8 Å². The van der Waals surface area contributed by atoms with E-state index in [0.29, 0.717) is 35.4 Å². The molecule has 0 spiro atoms. The predicted molar refractivity (Wildman–Crippen MR) is 107 cm³/mol. The zero-order chi connectivity index (χ0) is 21.9. The average molecular weight is 433 g/mol. The van der Waals surface area contributed by atoms with Gasteiger partial charge in [-0.25, -0.2) is 9.37 Å². The molecule has 0 fully saturated rings. The van der Waals surface area contributed by atoms with Crippen LogP contribution in [0, 0.1) is 5.82 Å². The number of benzene rings is 1. The van der Waals surface area contributed by atoms with Gasteiger partial charge in [-0.15, -0.1) is 10.2 Å². The zero-order valence-electron chi connectivity index (χ0n) is 16.8. The lowest BCUT2D eigenvalue weighted by atomic mass is 10.1. The van der Waals surface area contributed by atoms with Crippen molar-refractivity contribution in [2.45, 2.75) is 13.2 Å². The molecule has 0 radical (unpaired) electrons. The molecule has 11 nitrogen and oxygen atoms in total. The molecule has 0 aliphatic carbocycles. The molecule has 0 saturated heterocycles. The van der Waals surface area contributed by atoms with E-state index in [4.69, 9.17) is 9.26 Å². The third kappa shape index (κ3) is 4.05. The highest BCUT2D eigenvalue weighted by Gasteiger charge is 2.19. The van der Waals surface area contributed by atoms with E-state index in [0.717, 1.165) is 17.3 Å². The molecule has 0 aliphatic heterocycles. The van der Waals surface area contributed by atoms with E-state index in [1.165, 1.54) is 23.3 Å². The third-order valence-corrected chi connectivity index (χ3v) is 4.68. The highest BCUT2D eigenvalue weighted by atomic mass is 19.1. The van der Waals surface area contributed by atoms with Crippen LogP contribution >= 0.6 is 0 Å². The van der Waals surface area contributed by atoms with Crippen molar-refractivity contribution in [1.29, 1.82) is 0 Å². The number of aromatic nitrogens is 9. The molecule has 1 aromatic carbocycles. The van der Waals surface area contributed by atoms with Crippen LogP contribution in [0.5, 0.6) is 5.88 Å². The number of hydrogen-bond acceptors (Lipinski definition) is 9. The Hall–Kier alpha value is -4.48. The lowest BCUT2D eigenvalue weighted by molar-refractivity contribution is 0.282. The van der Waals surface area contributed by atoms with Gasteiger partial charge in [0.05, 0.1) is 30.2 Å². The molecule has 4 heterocycles. The Balaban J connectivity index is 1.36. The molecule has 0 atom stereocenters. The average Bonchev–Trinajstić information content (AvgIpc) is 3.55. The first-order valence-electron chi connectivity index (χ1n) is 9.55. The van der Waals surface area contributed by atoms with Crippen molar-refractivity contribution in [3.63, 3.8) is 0 Å². The molecule has 4 aromatic heterocycles. The molecule has 160 valence electrons. The minimum Gasteiger partial charge on any atom is -0.471 e. The standard InChI is InChI=1S/C20H16FN9O2/c1-29-17(11-31-18-6-5-15(21)8-22-18)16(9-24-29)20-26-19(27-32-20)14-4-2-3-13(7-14)10-30-25-12-23-28-30/h2-9,12H,10-11H2,1H3. The van der Waals surface area contributed by atoms with Gasteiger partial charge in [0.1, 0.15) is 12.4 Å². The van der Waals surface area contributed by atoms with Gasteiger partial charge < -0.3 is 9.26 Å². The van der Waals surface area contributed by atoms with Crippen LogP contribution in [0.15, 0.2) is 59.6 Å². The van der Waals surface area contributed by atoms with Crippen molar-refractivity contribution in [3.05, 3.63) is 72.2 Å². The van der Waals surface area contributed by atoms with E-state index in [1.807, 2.05) is 24.3 Å². The van der Waals surface area contributed by atoms with Crippen LogP contribution in [0.2, 0.25) is 0 Å². The fourth-order valence-electron chi connectivity index (χ4n) is 3.09. The summed E-state index contributed by atoms with van der Waals surface area (Å²) in [7, 11) is 1.78. The molecule has 0 amide bonds. The fourth-order valence-corrected chi connectivity index (χ4v) is 3.09. The number of hydrogen-bond donors (Lipinski definition) is 0. The molecule has 0 aliphatic rings. The minimum atomic E-state index is -0.432. The molecule has 32 heavy (non-hydrogen) atoms. The second-order valence-corrected chi connectivity index (χ2v) is 6.82. The Labute approximate surface area is 180 Å². The van der Waals surface area contributed by atoms with Crippen LogP contribution in [-0.4, -0.2) is 45.1 Å². The summed E-state index contributed by atoms with van der Waals surface area (Å²) >= 11 is 0. The summed E-state index contributed by atoms with van der Waals surface area (Å²) in [5.74, 6) is 0.605. The fraction of sp³-hybridized carbons (Fsp3) is 0.150.